The number of benzene rings is 4. The minimum atomic E-state index is -0.463. The highest BCUT2D eigenvalue weighted by atomic mass is 79.9. The van der Waals surface area contributed by atoms with Crippen molar-refractivity contribution in [2.75, 3.05) is 6.61 Å². The molecule has 5 aromatic rings. The average molecular weight is 604 g/mol. The van der Waals surface area contributed by atoms with E-state index in [4.69, 9.17) is 9.47 Å². The highest BCUT2D eigenvalue weighted by Crippen LogP contribution is 2.37. The Morgan fingerprint density at radius 3 is 2.69 bits per heavy atom. The lowest BCUT2D eigenvalue weighted by Gasteiger charge is -2.15. The summed E-state index contributed by atoms with van der Waals surface area (Å²) in [7, 11) is 0. The predicted molar refractivity (Wildman–Crippen MR) is 157 cm³/mol. The van der Waals surface area contributed by atoms with Crippen LogP contribution in [-0.2, 0) is 6.61 Å². The molecule has 8 nitrogen and oxygen atoms in total. The third kappa shape index (κ3) is 5.92. The second-order valence-electron chi connectivity index (χ2n) is 8.48. The Morgan fingerprint density at radius 1 is 1.05 bits per heavy atom. The van der Waals surface area contributed by atoms with Crippen molar-refractivity contribution in [3.8, 4) is 11.5 Å². The molecule has 5 rings (SSSR count). The van der Waals surface area contributed by atoms with Gasteiger partial charge in [0.1, 0.15) is 6.61 Å². The first kappa shape index (κ1) is 26.3. The van der Waals surface area contributed by atoms with Crippen molar-refractivity contribution in [3.63, 3.8) is 0 Å². The number of nitro groups is 1. The lowest BCUT2D eigenvalue weighted by atomic mass is 10.1. The molecule has 0 aliphatic rings. The van der Waals surface area contributed by atoms with Gasteiger partial charge in [0.25, 0.3) is 11.6 Å². The van der Waals surface area contributed by atoms with Gasteiger partial charge in [-0.05, 0) is 69.0 Å². The molecule has 0 bridgehead atoms. The van der Waals surface area contributed by atoms with Crippen LogP contribution in [0.15, 0.2) is 88.4 Å². The van der Waals surface area contributed by atoms with Gasteiger partial charge in [0.15, 0.2) is 11.5 Å². The molecule has 0 atom stereocenters. The average Bonchev–Trinajstić information content (AvgIpc) is 3.36. The number of non-ortho nitro benzene ring substituents is 1. The molecule has 1 N–H and O–H groups in total. The number of ether oxygens (including phenoxy) is 2. The molecule has 1 heterocycles. The zero-order chi connectivity index (χ0) is 27.4. The first-order chi connectivity index (χ1) is 18.9. The fourth-order valence-electron chi connectivity index (χ4n) is 4.11. The number of hydrogen-bond donors (Lipinski definition) is 1. The van der Waals surface area contributed by atoms with E-state index in [0.29, 0.717) is 45.0 Å². The van der Waals surface area contributed by atoms with Crippen molar-refractivity contribution in [1.82, 2.24) is 5.43 Å². The molecule has 1 aromatic heterocycles. The molecule has 0 fully saturated rings. The standard InChI is InChI=1S/C29H22BrN3O5S/c1-2-37-25-13-18(12-24(30)28(25)38-17-20-8-5-7-19-6-3-4-9-23(19)20)16-31-32-29(34)27-15-21-14-22(33(35)36)10-11-26(21)39-27/h3-16H,2,17H2,1H3,(H,32,34)/b31-16-. The van der Waals surface area contributed by atoms with Crippen LogP contribution in [-0.4, -0.2) is 23.7 Å². The maximum absolute atomic E-state index is 12.6. The topological polar surface area (TPSA) is 103 Å². The minimum absolute atomic E-state index is 0.0227. The number of carbonyl (C=O) groups is 1. The maximum atomic E-state index is 12.6. The molecular weight excluding hydrogens is 582 g/mol. The van der Waals surface area contributed by atoms with Crippen LogP contribution in [0.25, 0.3) is 20.9 Å². The Kier molecular flexibility index (Phi) is 7.85. The molecule has 0 aliphatic heterocycles. The van der Waals surface area contributed by atoms with Crippen molar-refractivity contribution < 1.29 is 19.2 Å². The Morgan fingerprint density at radius 2 is 1.87 bits per heavy atom. The van der Waals surface area contributed by atoms with Crippen LogP contribution < -0.4 is 14.9 Å². The quantitative estimate of drug-likeness (QED) is 0.107. The summed E-state index contributed by atoms with van der Waals surface area (Å²) in [5, 5.41) is 18.0. The molecule has 0 aliphatic carbocycles. The number of hydrogen-bond acceptors (Lipinski definition) is 7. The second-order valence-corrected chi connectivity index (χ2v) is 10.4. The normalized spacial score (nSPS) is 11.2. The molecule has 4 aromatic carbocycles. The minimum Gasteiger partial charge on any atom is -0.490 e. The Labute approximate surface area is 236 Å². The number of fused-ring (bicyclic) bond motifs is 2. The van der Waals surface area contributed by atoms with E-state index in [-0.39, 0.29) is 5.69 Å². The van der Waals surface area contributed by atoms with E-state index in [0.717, 1.165) is 21.0 Å². The molecule has 0 spiro atoms. The molecule has 0 radical (unpaired) electrons. The molecule has 0 unspecified atom stereocenters. The van der Waals surface area contributed by atoms with Gasteiger partial charge in [-0.15, -0.1) is 11.3 Å². The van der Waals surface area contributed by atoms with E-state index in [2.05, 4.69) is 44.7 Å². The molecule has 1 amide bonds. The summed E-state index contributed by atoms with van der Waals surface area (Å²) in [5.74, 6) is 0.713. The van der Waals surface area contributed by atoms with Crippen molar-refractivity contribution >= 4 is 65.9 Å². The summed E-state index contributed by atoms with van der Waals surface area (Å²) in [6.45, 7) is 2.70. The predicted octanol–water partition coefficient (Wildman–Crippen LogP) is 7.47. The number of hydrazone groups is 1. The van der Waals surface area contributed by atoms with Gasteiger partial charge in [-0.2, -0.15) is 5.10 Å². The van der Waals surface area contributed by atoms with Crippen molar-refractivity contribution in [2.24, 2.45) is 5.10 Å². The zero-order valence-corrected chi connectivity index (χ0v) is 23.1. The van der Waals surface area contributed by atoms with Crippen LogP contribution >= 0.6 is 27.3 Å². The molecule has 0 saturated carbocycles. The van der Waals surface area contributed by atoms with Crippen LogP contribution in [0.4, 0.5) is 5.69 Å². The third-order valence-corrected chi connectivity index (χ3v) is 7.60. The van der Waals surface area contributed by atoms with Gasteiger partial charge < -0.3 is 9.47 Å². The van der Waals surface area contributed by atoms with Gasteiger partial charge in [-0.25, -0.2) is 5.43 Å². The smallest absolute Gasteiger partial charge is 0.281 e. The number of nitrogens with zero attached hydrogens (tertiary/aromatic N) is 2. The molecular formula is C29H22BrN3O5S. The van der Waals surface area contributed by atoms with Crippen LogP contribution in [0, 0.1) is 10.1 Å². The summed E-state index contributed by atoms with van der Waals surface area (Å²) >= 11 is 4.82. The number of nitrogens with one attached hydrogen (secondary N) is 1. The number of carbonyl (C=O) groups excluding carboxylic acids is 1. The van der Waals surface area contributed by atoms with Crippen LogP contribution in [0.5, 0.6) is 11.5 Å². The highest BCUT2D eigenvalue weighted by molar-refractivity contribution is 9.10. The Balaban J connectivity index is 1.30. The fraction of sp³-hybridized carbons (Fsp3) is 0.103. The number of amides is 1. The van der Waals surface area contributed by atoms with Crippen LogP contribution in [0.3, 0.4) is 0 Å². The van der Waals surface area contributed by atoms with E-state index >= 15 is 0 Å². The van der Waals surface area contributed by atoms with E-state index < -0.39 is 10.8 Å². The maximum Gasteiger partial charge on any atom is 0.281 e. The first-order valence-corrected chi connectivity index (χ1v) is 13.6. The summed E-state index contributed by atoms with van der Waals surface area (Å²) < 4.78 is 13.5. The summed E-state index contributed by atoms with van der Waals surface area (Å²) in [5.41, 5.74) is 4.24. The van der Waals surface area contributed by atoms with Crippen molar-refractivity contribution in [3.05, 3.63) is 109 Å². The summed E-state index contributed by atoms with van der Waals surface area (Å²) in [6.07, 6.45) is 1.51. The highest BCUT2D eigenvalue weighted by Gasteiger charge is 2.15. The van der Waals surface area contributed by atoms with Gasteiger partial charge in [0.05, 0.1) is 27.1 Å². The van der Waals surface area contributed by atoms with E-state index in [1.165, 1.54) is 29.7 Å². The number of thiophene rings is 1. The number of rotatable bonds is 9. The number of nitro benzene ring substituents is 1. The van der Waals surface area contributed by atoms with Crippen LogP contribution in [0.1, 0.15) is 27.7 Å². The zero-order valence-electron chi connectivity index (χ0n) is 20.7. The lowest BCUT2D eigenvalue weighted by molar-refractivity contribution is -0.384. The Hall–Kier alpha value is -4.28. The first-order valence-electron chi connectivity index (χ1n) is 12.0. The number of halogens is 1. The van der Waals surface area contributed by atoms with Gasteiger partial charge >= 0.3 is 0 Å². The van der Waals surface area contributed by atoms with Gasteiger partial charge in [-0.1, -0.05) is 42.5 Å². The van der Waals surface area contributed by atoms with Crippen molar-refractivity contribution in [2.45, 2.75) is 13.5 Å². The van der Waals surface area contributed by atoms with E-state index in [1.807, 2.05) is 37.3 Å². The van der Waals surface area contributed by atoms with E-state index in [9.17, 15) is 14.9 Å². The van der Waals surface area contributed by atoms with Gasteiger partial charge in [0.2, 0.25) is 0 Å². The molecule has 196 valence electrons. The summed E-state index contributed by atoms with van der Waals surface area (Å²) in [6, 6.07) is 24.0. The molecule has 39 heavy (non-hydrogen) atoms. The monoisotopic (exact) mass is 603 g/mol. The van der Waals surface area contributed by atoms with Crippen LogP contribution in [0.2, 0.25) is 0 Å². The second kappa shape index (κ2) is 11.6. The molecule has 10 heteroatoms. The fourth-order valence-corrected chi connectivity index (χ4v) is 5.62. The van der Waals surface area contributed by atoms with Crippen molar-refractivity contribution in [1.29, 1.82) is 0 Å². The lowest BCUT2D eigenvalue weighted by Crippen LogP contribution is -2.16. The van der Waals surface area contributed by atoms with Gasteiger partial charge in [0, 0.05) is 22.2 Å². The largest absolute Gasteiger partial charge is 0.490 e. The SMILES string of the molecule is CCOc1cc(/C=N\NC(=O)c2cc3cc([N+](=O)[O-])ccc3s2)cc(Br)c1OCc1cccc2ccccc12. The summed E-state index contributed by atoms with van der Waals surface area (Å²) in [4.78, 5) is 23.6. The van der Waals surface area contributed by atoms with Gasteiger partial charge in [-0.3, -0.25) is 14.9 Å². The Bertz CT molecular complexity index is 1730. The van der Waals surface area contributed by atoms with E-state index in [1.54, 1.807) is 18.2 Å². The molecule has 0 saturated heterocycles. The third-order valence-electron chi connectivity index (χ3n) is 5.90.